The van der Waals surface area contributed by atoms with Crippen LogP contribution in [0.4, 0.5) is 0 Å². The summed E-state index contributed by atoms with van der Waals surface area (Å²) in [4.78, 5) is 4.76. The Morgan fingerprint density at radius 1 is 1.50 bits per heavy atom. The number of hydrogen-bond donors (Lipinski definition) is 1. The molecule has 0 bridgehead atoms. The lowest BCUT2D eigenvalue weighted by atomic mass is 9.97. The zero-order valence-electron chi connectivity index (χ0n) is 11.3. The van der Waals surface area contributed by atoms with Crippen LogP contribution in [0.15, 0.2) is 5.38 Å². The molecule has 1 aliphatic heterocycles. The van der Waals surface area contributed by atoms with Gasteiger partial charge in [-0.2, -0.15) is 0 Å². The number of aromatic nitrogens is 1. The largest absolute Gasteiger partial charge is 0.379 e. The van der Waals surface area contributed by atoms with Gasteiger partial charge in [0, 0.05) is 24.4 Å². The minimum Gasteiger partial charge on any atom is -0.379 e. The SMILES string of the molecule is CCC(CC)(OC)c1nc(C2COCC2N)cs1. The van der Waals surface area contributed by atoms with Crippen molar-refractivity contribution in [3.63, 3.8) is 0 Å². The number of ether oxygens (including phenoxy) is 2. The summed E-state index contributed by atoms with van der Waals surface area (Å²) in [5.41, 5.74) is 6.85. The molecular weight excluding hydrogens is 248 g/mol. The van der Waals surface area contributed by atoms with Gasteiger partial charge in [0.2, 0.25) is 0 Å². The van der Waals surface area contributed by atoms with Gasteiger partial charge in [-0.1, -0.05) is 13.8 Å². The molecule has 2 rings (SSSR count). The Morgan fingerprint density at radius 3 is 2.72 bits per heavy atom. The molecule has 1 fully saturated rings. The van der Waals surface area contributed by atoms with Crippen molar-refractivity contribution in [2.75, 3.05) is 20.3 Å². The lowest BCUT2D eigenvalue weighted by molar-refractivity contribution is -0.0220. The Kier molecular flexibility index (Phi) is 4.37. The van der Waals surface area contributed by atoms with Crippen molar-refractivity contribution < 1.29 is 9.47 Å². The van der Waals surface area contributed by atoms with Gasteiger partial charge in [0.05, 0.1) is 18.9 Å². The third-order valence-corrected chi connectivity index (χ3v) is 5.00. The fourth-order valence-corrected chi connectivity index (χ4v) is 3.67. The summed E-state index contributed by atoms with van der Waals surface area (Å²) < 4.78 is 11.1. The highest BCUT2D eigenvalue weighted by Crippen LogP contribution is 2.36. The number of nitrogens with two attached hydrogens (primary N) is 1. The third-order valence-electron chi connectivity index (χ3n) is 3.95. The average molecular weight is 270 g/mol. The minimum absolute atomic E-state index is 0.0696. The van der Waals surface area contributed by atoms with Gasteiger partial charge in [-0.05, 0) is 12.8 Å². The first kappa shape index (κ1) is 13.9. The second kappa shape index (κ2) is 5.65. The van der Waals surface area contributed by atoms with E-state index in [1.807, 2.05) is 0 Å². The molecule has 1 saturated heterocycles. The topological polar surface area (TPSA) is 57.4 Å². The van der Waals surface area contributed by atoms with Crippen molar-refractivity contribution in [2.45, 2.75) is 44.2 Å². The standard InChI is InChI=1S/C13H22N2O2S/c1-4-13(5-2,16-3)12-15-11(8-18-12)9-6-17-7-10(9)14/h8-10H,4-7,14H2,1-3H3. The van der Waals surface area contributed by atoms with Gasteiger partial charge in [-0.15, -0.1) is 11.3 Å². The lowest BCUT2D eigenvalue weighted by Gasteiger charge is -2.27. The van der Waals surface area contributed by atoms with E-state index in [9.17, 15) is 0 Å². The van der Waals surface area contributed by atoms with Crippen LogP contribution in [0, 0.1) is 0 Å². The summed E-state index contributed by atoms with van der Waals surface area (Å²) in [5, 5.41) is 3.16. The third kappa shape index (κ3) is 2.32. The molecule has 2 atom stereocenters. The van der Waals surface area contributed by atoms with E-state index in [1.54, 1.807) is 18.4 Å². The zero-order valence-corrected chi connectivity index (χ0v) is 12.1. The van der Waals surface area contributed by atoms with E-state index in [-0.39, 0.29) is 17.6 Å². The van der Waals surface area contributed by atoms with Crippen LogP contribution in [-0.2, 0) is 15.1 Å². The second-order valence-corrected chi connectivity index (χ2v) is 5.65. The Balaban J connectivity index is 2.24. The first-order chi connectivity index (χ1) is 8.66. The summed E-state index contributed by atoms with van der Waals surface area (Å²) in [6.07, 6.45) is 1.86. The highest BCUT2D eigenvalue weighted by atomic mass is 32.1. The van der Waals surface area contributed by atoms with Crippen LogP contribution in [0.5, 0.6) is 0 Å². The molecule has 4 nitrogen and oxygen atoms in total. The molecule has 1 aromatic rings. The second-order valence-electron chi connectivity index (χ2n) is 4.79. The van der Waals surface area contributed by atoms with E-state index in [4.69, 9.17) is 20.2 Å². The number of thiazole rings is 1. The summed E-state index contributed by atoms with van der Waals surface area (Å²) in [5.74, 6) is 0.235. The Morgan fingerprint density at radius 2 is 2.22 bits per heavy atom. The molecule has 5 heteroatoms. The molecule has 2 N–H and O–H groups in total. The maximum Gasteiger partial charge on any atom is 0.125 e. The van der Waals surface area contributed by atoms with Gasteiger partial charge in [0.15, 0.2) is 0 Å². The number of methoxy groups -OCH3 is 1. The summed E-state index contributed by atoms with van der Waals surface area (Å²) in [6.45, 7) is 5.59. The maximum absolute atomic E-state index is 6.04. The maximum atomic E-state index is 6.04. The van der Waals surface area contributed by atoms with E-state index in [0.29, 0.717) is 13.2 Å². The molecule has 0 saturated carbocycles. The summed E-state index contributed by atoms with van der Waals surface area (Å²) in [7, 11) is 1.76. The summed E-state index contributed by atoms with van der Waals surface area (Å²) in [6, 6.07) is 0.0696. The van der Waals surface area contributed by atoms with Crippen molar-refractivity contribution in [1.29, 1.82) is 0 Å². The number of nitrogens with zero attached hydrogens (tertiary/aromatic N) is 1. The molecule has 0 amide bonds. The first-order valence-electron chi connectivity index (χ1n) is 6.51. The van der Waals surface area contributed by atoms with Crippen LogP contribution >= 0.6 is 11.3 Å². The van der Waals surface area contributed by atoms with E-state index < -0.39 is 0 Å². The molecule has 18 heavy (non-hydrogen) atoms. The highest BCUT2D eigenvalue weighted by molar-refractivity contribution is 7.09. The molecule has 0 spiro atoms. The van der Waals surface area contributed by atoms with Crippen LogP contribution in [-0.4, -0.2) is 31.3 Å². The van der Waals surface area contributed by atoms with Crippen LogP contribution < -0.4 is 5.73 Å². The van der Waals surface area contributed by atoms with Crippen molar-refractivity contribution >= 4 is 11.3 Å². The molecule has 2 unspecified atom stereocenters. The quantitative estimate of drug-likeness (QED) is 0.891. The van der Waals surface area contributed by atoms with Crippen LogP contribution in [0.3, 0.4) is 0 Å². The highest BCUT2D eigenvalue weighted by Gasteiger charge is 2.34. The predicted octanol–water partition coefficient (Wildman–Crippen LogP) is 2.25. The molecule has 0 aromatic carbocycles. The Hall–Kier alpha value is -0.490. The van der Waals surface area contributed by atoms with Crippen LogP contribution in [0.1, 0.15) is 43.3 Å². The fourth-order valence-electron chi connectivity index (χ4n) is 2.47. The van der Waals surface area contributed by atoms with Gasteiger partial charge >= 0.3 is 0 Å². The predicted molar refractivity (Wildman–Crippen MR) is 72.9 cm³/mol. The molecule has 0 aliphatic carbocycles. The molecule has 1 aromatic heterocycles. The van der Waals surface area contributed by atoms with E-state index in [2.05, 4.69) is 19.2 Å². The lowest BCUT2D eigenvalue weighted by Crippen LogP contribution is -2.28. The fraction of sp³-hybridized carbons (Fsp3) is 0.769. The monoisotopic (exact) mass is 270 g/mol. The normalized spacial score (nSPS) is 24.7. The van der Waals surface area contributed by atoms with Gasteiger partial charge in [0.1, 0.15) is 10.6 Å². The van der Waals surface area contributed by atoms with Gasteiger partial charge in [-0.3, -0.25) is 0 Å². The average Bonchev–Trinajstić information content (AvgIpc) is 3.01. The van der Waals surface area contributed by atoms with Gasteiger partial charge in [0.25, 0.3) is 0 Å². The zero-order chi connectivity index (χ0) is 13.2. The van der Waals surface area contributed by atoms with Gasteiger partial charge < -0.3 is 15.2 Å². The smallest absolute Gasteiger partial charge is 0.125 e. The summed E-state index contributed by atoms with van der Waals surface area (Å²) >= 11 is 1.67. The Bertz CT molecular complexity index is 382. The van der Waals surface area contributed by atoms with E-state index >= 15 is 0 Å². The molecular formula is C13H22N2O2S. The minimum atomic E-state index is -0.244. The Labute approximate surface area is 113 Å². The van der Waals surface area contributed by atoms with Crippen LogP contribution in [0.25, 0.3) is 0 Å². The molecule has 1 aliphatic rings. The van der Waals surface area contributed by atoms with Crippen molar-refractivity contribution in [3.8, 4) is 0 Å². The number of rotatable bonds is 5. The molecule has 0 radical (unpaired) electrons. The van der Waals surface area contributed by atoms with Crippen molar-refractivity contribution in [2.24, 2.45) is 5.73 Å². The van der Waals surface area contributed by atoms with E-state index in [0.717, 1.165) is 23.5 Å². The van der Waals surface area contributed by atoms with Crippen molar-refractivity contribution in [1.82, 2.24) is 4.98 Å². The van der Waals surface area contributed by atoms with Gasteiger partial charge in [-0.25, -0.2) is 4.98 Å². The van der Waals surface area contributed by atoms with Crippen LogP contribution in [0.2, 0.25) is 0 Å². The number of hydrogen-bond acceptors (Lipinski definition) is 5. The van der Waals surface area contributed by atoms with E-state index in [1.165, 1.54) is 0 Å². The first-order valence-corrected chi connectivity index (χ1v) is 7.39. The van der Waals surface area contributed by atoms with Crippen molar-refractivity contribution in [3.05, 3.63) is 16.1 Å². The molecule has 102 valence electrons. The molecule has 2 heterocycles.